The molecule has 0 radical (unpaired) electrons. The van der Waals surface area contributed by atoms with E-state index in [0.717, 1.165) is 27.0 Å². The van der Waals surface area contributed by atoms with E-state index in [1.807, 2.05) is 26.0 Å². The van der Waals surface area contributed by atoms with Crippen LogP contribution in [0.2, 0.25) is 10.0 Å². The Balaban J connectivity index is 2.50. The maximum Gasteiger partial charge on any atom is 0.304 e. The summed E-state index contributed by atoms with van der Waals surface area (Å²) in [6, 6.07) is 9.43. The molecule has 0 bridgehead atoms. The molecule has 2 aromatic carbocycles. The van der Waals surface area contributed by atoms with Crippen molar-refractivity contribution in [3.05, 3.63) is 63.1 Å². The number of amides is 2. The number of unbranched alkanes of at least 4 members (excludes halogenated alkanes) is 1. The van der Waals surface area contributed by atoms with Crippen molar-refractivity contribution in [1.29, 1.82) is 0 Å². The second-order valence-electron chi connectivity index (χ2n) is 9.16. The molecule has 1 N–H and O–H groups in total. The number of carbonyl (C=O) groups excluding carboxylic acids is 2. The molecule has 0 aliphatic rings. The van der Waals surface area contributed by atoms with E-state index in [0.29, 0.717) is 33.4 Å². The number of hydrogen-bond donors (Lipinski definition) is 1. The van der Waals surface area contributed by atoms with Crippen molar-refractivity contribution < 1.29 is 18.0 Å². The van der Waals surface area contributed by atoms with Gasteiger partial charge in [-0.3, -0.25) is 9.59 Å². The van der Waals surface area contributed by atoms with Crippen LogP contribution >= 0.6 is 23.2 Å². The van der Waals surface area contributed by atoms with Crippen LogP contribution in [-0.4, -0.2) is 62.7 Å². The zero-order valence-electron chi connectivity index (χ0n) is 22.2. The molecule has 0 aromatic heterocycles. The van der Waals surface area contributed by atoms with E-state index >= 15 is 0 Å². The molecule has 0 aliphatic heterocycles. The van der Waals surface area contributed by atoms with Crippen molar-refractivity contribution in [3.8, 4) is 0 Å². The molecule has 11 heteroatoms. The van der Waals surface area contributed by atoms with Crippen LogP contribution in [0.1, 0.15) is 43.4 Å². The van der Waals surface area contributed by atoms with E-state index in [1.165, 1.54) is 19.0 Å². The zero-order chi connectivity index (χ0) is 27.9. The number of carbonyl (C=O) groups is 2. The van der Waals surface area contributed by atoms with E-state index in [2.05, 4.69) is 5.32 Å². The molecule has 0 spiro atoms. The standard InChI is InChI=1S/C26H36Cl2N4O4S/c1-7-8-13-29-26(34)20(4)31(16-21-11-12-22(27)15-23(21)28)25(33)17-32(37(35,36)30(5)6)24-14-18(2)9-10-19(24)3/h9-12,14-15,20H,7-8,13,16-17H2,1-6H3,(H,29,34)/t20-/m1/s1. The fourth-order valence-electron chi connectivity index (χ4n) is 3.64. The predicted molar refractivity (Wildman–Crippen MR) is 150 cm³/mol. The zero-order valence-corrected chi connectivity index (χ0v) is 24.5. The van der Waals surface area contributed by atoms with Crippen molar-refractivity contribution in [3.63, 3.8) is 0 Å². The van der Waals surface area contributed by atoms with E-state index < -0.39 is 28.7 Å². The smallest absolute Gasteiger partial charge is 0.304 e. The Morgan fingerprint density at radius 1 is 1.05 bits per heavy atom. The molecule has 37 heavy (non-hydrogen) atoms. The lowest BCUT2D eigenvalue weighted by molar-refractivity contribution is -0.139. The first-order chi connectivity index (χ1) is 17.3. The second kappa shape index (κ2) is 13.5. The fourth-order valence-corrected chi connectivity index (χ4v) is 5.22. The first-order valence-corrected chi connectivity index (χ1v) is 14.2. The molecular weight excluding hydrogens is 535 g/mol. The number of hydrogen-bond acceptors (Lipinski definition) is 4. The minimum atomic E-state index is -4.03. The molecular formula is C26H36Cl2N4O4S. The van der Waals surface area contributed by atoms with Gasteiger partial charge < -0.3 is 10.2 Å². The molecule has 0 saturated heterocycles. The lowest BCUT2D eigenvalue weighted by Gasteiger charge is -2.33. The third-order valence-electron chi connectivity index (χ3n) is 6.00. The van der Waals surface area contributed by atoms with Crippen LogP contribution in [0.25, 0.3) is 0 Å². The summed E-state index contributed by atoms with van der Waals surface area (Å²) in [5, 5.41) is 3.63. The van der Waals surface area contributed by atoms with Crippen LogP contribution in [0.3, 0.4) is 0 Å². The summed E-state index contributed by atoms with van der Waals surface area (Å²) in [5.74, 6) is -0.879. The van der Waals surface area contributed by atoms with Gasteiger partial charge in [-0.05, 0) is 62.1 Å². The van der Waals surface area contributed by atoms with E-state index in [-0.39, 0.29) is 12.5 Å². The topological polar surface area (TPSA) is 90.0 Å². The van der Waals surface area contributed by atoms with Crippen LogP contribution in [0.4, 0.5) is 5.69 Å². The van der Waals surface area contributed by atoms with E-state index in [9.17, 15) is 18.0 Å². The van der Waals surface area contributed by atoms with Crippen LogP contribution in [0.5, 0.6) is 0 Å². The highest BCUT2D eigenvalue weighted by Gasteiger charge is 2.33. The molecule has 0 unspecified atom stereocenters. The SMILES string of the molecule is CCCCNC(=O)[C@@H](C)N(Cc1ccc(Cl)cc1Cl)C(=O)CN(c1cc(C)ccc1C)S(=O)(=O)N(C)C. The summed E-state index contributed by atoms with van der Waals surface area (Å²) in [5.41, 5.74) is 2.52. The molecule has 0 saturated carbocycles. The van der Waals surface area contributed by atoms with Crippen LogP contribution < -0.4 is 9.62 Å². The molecule has 2 aromatic rings. The largest absolute Gasteiger partial charge is 0.354 e. The van der Waals surface area contributed by atoms with Gasteiger partial charge in [0.05, 0.1) is 5.69 Å². The van der Waals surface area contributed by atoms with Gasteiger partial charge in [0.25, 0.3) is 0 Å². The number of anilines is 1. The summed E-state index contributed by atoms with van der Waals surface area (Å²) < 4.78 is 28.8. The van der Waals surface area contributed by atoms with Gasteiger partial charge in [-0.25, -0.2) is 4.31 Å². The number of halogens is 2. The molecule has 1 atom stereocenters. The maximum atomic E-state index is 13.8. The summed E-state index contributed by atoms with van der Waals surface area (Å²) in [6.07, 6.45) is 1.71. The van der Waals surface area contributed by atoms with Crippen LogP contribution in [-0.2, 0) is 26.3 Å². The van der Waals surface area contributed by atoms with Crippen LogP contribution in [0.15, 0.2) is 36.4 Å². The van der Waals surface area contributed by atoms with Gasteiger partial charge in [0.1, 0.15) is 12.6 Å². The number of rotatable bonds is 12. The molecule has 0 heterocycles. The normalized spacial score (nSPS) is 12.4. The van der Waals surface area contributed by atoms with Gasteiger partial charge in [-0.2, -0.15) is 12.7 Å². The van der Waals surface area contributed by atoms with Gasteiger partial charge in [0.15, 0.2) is 0 Å². The Morgan fingerprint density at radius 3 is 2.32 bits per heavy atom. The Kier molecular flexibility index (Phi) is 11.2. The third kappa shape index (κ3) is 8.07. The number of benzene rings is 2. The second-order valence-corrected chi connectivity index (χ2v) is 12.1. The van der Waals surface area contributed by atoms with Gasteiger partial charge in [-0.1, -0.05) is 54.7 Å². The van der Waals surface area contributed by atoms with E-state index in [4.69, 9.17) is 23.2 Å². The third-order valence-corrected chi connectivity index (χ3v) is 8.40. The molecule has 2 rings (SSSR count). The van der Waals surface area contributed by atoms with Crippen molar-refractivity contribution >= 4 is 50.9 Å². The highest BCUT2D eigenvalue weighted by atomic mass is 35.5. The number of nitrogens with one attached hydrogen (secondary N) is 1. The first-order valence-electron chi connectivity index (χ1n) is 12.1. The molecule has 204 valence electrons. The maximum absolute atomic E-state index is 13.8. The lowest BCUT2D eigenvalue weighted by atomic mass is 10.1. The Labute approximate surface area is 230 Å². The monoisotopic (exact) mass is 570 g/mol. The van der Waals surface area contributed by atoms with Gasteiger partial charge in [-0.15, -0.1) is 0 Å². The van der Waals surface area contributed by atoms with Crippen molar-refractivity contribution in [2.45, 2.75) is 53.1 Å². The van der Waals surface area contributed by atoms with Gasteiger partial charge >= 0.3 is 10.2 Å². The summed E-state index contributed by atoms with van der Waals surface area (Å²) >= 11 is 12.4. The highest BCUT2D eigenvalue weighted by molar-refractivity contribution is 7.90. The molecule has 0 fully saturated rings. The summed E-state index contributed by atoms with van der Waals surface area (Å²) in [7, 11) is -1.22. The highest BCUT2D eigenvalue weighted by Crippen LogP contribution is 2.27. The van der Waals surface area contributed by atoms with E-state index in [1.54, 1.807) is 38.1 Å². The molecule has 0 aliphatic carbocycles. The number of nitrogens with zero attached hydrogens (tertiary/aromatic N) is 3. The summed E-state index contributed by atoms with van der Waals surface area (Å²) in [6.45, 7) is 7.25. The van der Waals surface area contributed by atoms with Gasteiger partial charge in [0, 0.05) is 37.2 Å². The minimum absolute atomic E-state index is 0.000147. The van der Waals surface area contributed by atoms with Crippen molar-refractivity contribution in [1.82, 2.24) is 14.5 Å². The van der Waals surface area contributed by atoms with Crippen molar-refractivity contribution in [2.75, 3.05) is 31.5 Å². The Hall–Kier alpha value is -2.33. The first kappa shape index (κ1) is 30.9. The average Bonchev–Trinajstić information content (AvgIpc) is 2.83. The Bertz CT molecular complexity index is 1220. The van der Waals surface area contributed by atoms with Crippen molar-refractivity contribution in [2.24, 2.45) is 0 Å². The number of aryl methyl sites for hydroxylation is 2. The van der Waals surface area contributed by atoms with Gasteiger partial charge in [0.2, 0.25) is 11.8 Å². The minimum Gasteiger partial charge on any atom is -0.354 e. The predicted octanol–water partition coefficient (Wildman–Crippen LogP) is 4.56. The van der Waals surface area contributed by atoms with Crippen LogP contribution in [0, 0.1) is 13.8 Å². The average molecular weight is 572 g/mol. The molecule has 2 amide bonds. The quantitative estimate of drug-likeness (QED) is 0.379. The fraction of sp³-hybridized carbons (Fsp3) is 0.462. The molecule has 8 nitrogen and oxygen atoms in total. The lowest BCUT2D eigenvalue weighted by Crippen LogP contribution is -2.52. The Morgan fingerprint density at radius 2 is 1.73 bits per heavy atom. The summed E-state index contributed by atoms with van der Waals surface area (Å²) in [4.78, 5) is 28.1.